The first-order valence-corrected chi connectivity index (χ1v) is 6.45. The summed E-state index contributed by atoms with van der Waals surface area (Å²) in [6.45, 7) is 16.5. The Bertz CT molecular complexity index is 177. The minimum absolute atomic E-state index is 0.681. The molecule has 0 aromatic carbocycles. The van der Waals surface area contributed by atoms with Crippen molar-refractivity contribution < 1.29 is 0 Å². The fourth-order valence-electron chi connectivity index (χ4n) is 2.38. The molecule has 0 aliphatic carbocycles. The zero-order valence-electron chi connectivity index (χ0n) is 11.1. The van der Waals surface area contributed by atoms with Crippen LogP contribution in [0.25, 0.3) is 0 Å². The lowest BCUT2D eigenvalue weighted by Crippen LogP contribution is -2.39. The van der Waals surface area contributed by atoms with Crippen LogP contribution in [0.4, 0.5) is 0 Å². The summed E-state index contributed by atoms with van der Waals surface area (Å²) in [6, 6.07) is 0.681. The molecule has 0 spiro atoms. The summed E-state index contributed by atoms with van der Waals surface area (Å²) in [6.07, 6.45) is 0. The SMILES string of the molecule is CC(C)CN(CC1CNCC1C)C(C)C. The van der Waals surface area contributed by atoms with Crippen LogP contribution in [0, 0.1) is 17.8 Å². The van der Waals surface area contributed by atoms with Crippen molar-refractivity contribution in [2.45, 2.75) is 40.7 Å². The van der Waals surface area contributed by atoms with Gasteiger partial charge in [0, 0.05) is 19.1 Å². The van der Waals surface area contributed by atoms with E-state index in [1.165, 1.54) is 26.2 Å². The highest BCUT2D eigenvalue weighted by Gasteiger charge is 2.26. The van der Waals surface area contributed by atoms with Crippen molar-refractivity contribution in [2.24, 2.45) is 17.8 Å². The van der Waals surface area contributed by atoms with Crippen molar-refractivity contribution >= 4 is 0 Å². The second-order valence-electron chi connectivity index (χ2n) is 5.84. The Morgan fingerprint density at radius 1 is 1.20 bits per heavy atom. The Kier molecular flexibility index (Phi) is 5.07. The van der Waals surface area contributed by atoms with Crippen LogP contribution in [0.2, 0.25) is 0 Å². The van der Waals surface area contributed by atoms with Crippen LogP contribution in [0.15, 0.2) is 0 Å². The van der Waals surface area contributed by atoms with Crippen LogP contribution >= 0.6 is 0 Å². The molecule has 0 aromatic rings. The van der Waals surface area contributed by atoms with Crippen molar-refractivity contribution in [1.82, 2.24) is 10.2 Å². The van der Waals surface area contributed by atoms with Gasteiger partial charge in [-0.3, -0.25) is 0 Å². The maximum Gasteiger partial charge on any atom is 0.00388 e. The van der Waals surface area contributed by atoms with Crippen molar-refractivity contribution in [3.8, 4) is 0 Å². The lowest BCUT2D eigenvalue weighted by molar-refractivity contribution is 0.160. The molecule has 2 heteroatoms. The van der Waals surface area contributed by atoms with Gasteiger partial charge in [0.15, 0.2) is 0 Å². The summed E-state index contributed by atoms with van der Waals surface area (Å²) in [4.78, 5) is 2.64. The maximum absolute atomic E-state index is 3.49. The normalized spacial score (nSPS) is 27.2. The molecule has 2 unspecified atom stereocenters. The molecule has 1 heterocycles. The molecule has 1 fully saturated rings. The van der Waals surface area contributed by atoms with Crippen molar-refractivity contribution in [3.05, 3.63) is 0 Å². The second kappa shape index (κ2) is 5.86. The third kappa shape index (κ3) is 4.12. The van der Waals surface area contributed by atoms with Crippen LogP contribution in [-0.2, 0) is 0 Å². The van der Waals surface area contributed by atoms with Crippen molar-refractivity contribution in [1.29, 1.82) is 0 Å². The number of hydrogen-bond acceptors (Lipinski definition) is 2. The van der Waals surface area contributed by atoms with E-state index in [-0.39, 0.29) is 0 Å². The lowest BCUT2D eigenvalue weighted by Gasteiger charge is -2.31. The first kappa shape index (κ1) is 13.0. The van der Waals surface area contributed by atoms with E-state index in [0.717, 1.165) is 17.8 Å². The largest absolute Gasteiger partial charge is 0.316 e. The molecule has 1 aliphatic heterocycles. The van der Waals surface area contributed by atoms with Crippen LogP contribution in [0.3, 0.4) is 0 Å². The van der Waals surface area contributed by atoms with Gasteiger partial charge in [0.25, 0.3) is 0 Å². The summed E-state index contributed by atoms with van der Waals surface area (Å²) < 4.78 is 0. The zero-order chi connectivity index (χ0) is 11.4. The van der Waals surface area contributed by atoms with E-state index in [1.54, 1.807) is 0 Å². The smallest absolute Gasteiger partial charge is 0.00388 e. The summed E-state index contributed by atoms with van der Waals surface area (Å²) in [7, 11) is 0. The fourth-order valence-corrected chi connectivity index (χ4v) is 2.38. The molecule has 1 rings (SSSR count). The monoisotopic (exact) mass is 212 g/mol. The average Bonchev–Trinajstić information content (AvgIpc) is 2.50. The molecular weight excluding hydrogens is 184 g/mol. The molecular formula is C13H28N2. The van der Waals surface area contributed by atoms with E-state index in [4.69, 9.17) is 0 Å². The Labute approximate surface area is 95.4 Å². The first-order valence-electron chi connectivity index (χ1n) is 6.45. The minimum Gasteiger partial charge on any atom is -0.316 e. The summed E-state index contributed by atoms with van der Waals surface area (Å²) in [5.41, 5.74) is 0. The molecule has 1 aliphatic rings. The Balaban J connectivity index is 2.43. The average molecular weight is 212 g/mol. The highest BCUT2D eigenvalue weighted by Crippen LogP contribution is 2.19. The first-order chi connectivity index (χ1) is 7.00. The zero-order valence-corrected chi connectivity index (χ0v) is 11.1. The molecule has 2 nitrogen and oxygen atoms in total. The molecule has 0 bridgehead atoms. The Morgan fingerprint density at radius 2 is 1.87 bits per heavy atom. The number of nitrogens with zero attached hydrogens (tertiary/aromatic N) is 1. The van der Waals surface area contributed by atoms with Crippen LogP contribution < -0.4 is 5.32 Å². The molecule has 1 N–H and O–H groups in total. The van der Waals surface area contributed by atoms with Gasteiger partial charge in [0.05, 0.1) is 0 Å². The number of nitrogens with one attached hydrogen (secondary N) is 1. The van der Waals surface area contributed by atoms with Gasteiger partial charge >= 0.3 is 0 Å². The molecule has 0 saturated carbocycles. The van der Waals surface area contributed by atoms with Crippen LogP contribution in [0.1, 0.15) is 34.6 Å². The van der Waals surface area contributed by atoms with E-state index in [0.29, 0.717) is 6.04 Å². The van der Waals surface area contributed by atoms with Gasteiger partial charge in [-0.1, -0.05) is 20.8 Å². The van der Waals surface area contributed by atoms with E-state index in [2.05, 4.69) is 44.8 Å². The van der Waals surface area contributed by atoms with Gasteiger partial charge in [0.1, 0.15) is 0 Å². The van der Waals surface area contributed by atoms with E-state index in [1.807, 2.05) is 0 Å². The molecule has 2 atom stereocenters. The molecule has 0 aromatic heterocycles. The van der Waals surface area contributed by atoms with Gasteiger partial charge in [-0.25, -0.2) is 0 Å². The van der Waals surface area contributed by atoms with Gasteiger partial charge < -0.3 is 10.2 Å². The summed E-state index contributed by atoms with van der Waals surface area (Å²) in [5, 5.41) is 3.49. The Hall–Kier alpha value is -0.0800. The van der Waals surface area contributed by atoms with Crippen LogP contribution in [-0.4, -0.2) is 37.1 Å². The van der Waals surface area contributed by atoms with E-state index in [9.17, 15) is 0 Å². The highest BCUT2D eigenvalue weighted by atomic mass is 15.2. The number of rotatable bonds is 5. The maximum atomic E-state index is 3.49. The van der Waals surface area contributed by atoms with Gasteiger partial charge in [-0.05, 0) is 44.7 Å². The summed E-state index contributed by atoms with van der Waals surface area (Å²) in [5.74, 6) is 2.47. The highest BCUT2D eigenvalue weighted by molar-refractivity contribution is 4.81. The van der Waals surface area contributed by atoms with Crippen molar-refractivity contribution in [3.63, 3.8) is 0 Å². The molecule has 0 radical (unpaired) electrons. The lowest BCUT2D eigenvalue weighted by atomic mass is 9.96. The molecule has 0 amide bonds. The predicted molar refractivity (Wildman–Crippen MR) is 67.1 cm³/mol. The van der Waals surface area contributed by atoms with Gasteiger partial charge in [-0.15, -0.1) is 0 Å². The molecule has 90 valence electrons. The topological polar surface area (TPSA) is 15.3 Å². The quantitative estimate of drug-likeness (QED) is 0.751. The third-order valence-electron chi connectivity index (χ3n) is 3.48. The van der Waals surface area contributed by atoms with E-state index >= 15 is 0 Å². The predicted octanol–water partition coefficient (Wildman–Crippen LogP) is 2.21. The molecule has 15 heavy (non-hydrogen) atoms. The molecule has 1 saturated heterocycles. The van der Waals surface area contributed by atoms with Gasteiger partial charge in [0.2, 0.25) is 0 Å². The van der Waals surface area contributed by atoms with E-state index < -0.39 is 0 Å². The van der Waals surface area contributed by atoms with Crippen molar-refractivity contribution in [2.75, 3.05) is 26.2 Å². The van der Waals surface area contributed by atoms with Gasteiger partial charge in [-0.2, -0.15) is 0 Å². The standard InChI is InChI=1S/C13H28N2/c1-10(2)8-15(11(3)4)9-13-7-14-6-12(13)5/h10-14H,6-9H2,1-5H3. The minimum atomic E-state index is 0.681. The second-order valence-corrected chi connectivity index (χ2v) is 5.84. The fraction of sp³-hybridized carbons (Fsp3) is 1.00. The number of hydrogen-bond donors (Lipinski definition) is 1. The Morgan fingerprint density at radius 3 is 2.27 bits per heavy atom. The summed E-state index contributed by atoms with van der Waals surface area (Å²) >= 11 is 0. The van der Waals surface area contributed by atoms with Crippen LogP contribution in [0.5, 0.6) is 0 Å². The third-order valence-corrected chi connectivity index (χ3v) is 3.48.